The Hall–Kier alpha value is -2.71. The number of aromatic nitrogens is 1. The Morgan fingerprint density at radius 2 is 2.00 bits per heavy atom. The van der Waals surface area contributed by atoms with E-state index in [0.717, 1.165) is 29.6 Å². The van der Waals surface area contributed by atoms with Gasteiger partial charge >= 0.3 is 6.18 Å². The van der Waals surface area contributed by atoms with Crippen molar-refractivity contribution in [3.8, 4) is 23.5 Å². The number of aromatic hydroxyl groups is 2. The molecule has 2 bridgehead atoms. The summed E-state index contributed by atoms with van der Waals surface area (Å²) in [6.07, 6.45) is -3.22. The molecule has 0 saturated heterocycles. The summed E-state index contributed by atoms with van der Waals surface area (Å²) in [7, 11) is 0.956. The largest absolute Gasteiger partial charge is 0.494 e. The summed E-state index contributed by atoms with van der Waals surface area (Å²) in [4.78, 5) is 0. The van der Waals surface area contributed by atoms with Crippen molar-refractivity contribution in [2.45, 2.75) is 31.2 Å². The first kappa shape index (κ1) is 18.3. The maximum atomic E-state index is 13.4. The van der Waals surface area contributed by atoms with Crippen LogP contribution >= 0.6 is 11.9 Å². The van der Waals surface area contributed by atoms with Gasteiger partial charge in [0.15, 0.2) is 5.60 Å². The number of ether oxygens (including phenoxy) is 1. The third-order valence-electron chi connectivity index (χ3n) is 5.21. The predicted molar refractivity (Wildman–Crippen MR) is 98.5 cm³/mol. The Kier molecular flexibility index (Phi) is 3.73. The van der Waals surface area contributed by atoms with Crippen molar-refractivity contribution >= 4 is 19.0 Å². The molecule has 1 radical (unpaired) electrons. The van der Waals surface area contributed by atoms with Crippen LogP contribution < -0.4 is 0 Å². The molecule has 2 aromatic rings. The fourth-order valence-corrected chi connectivity index (χ4v) is 4.37. The van der Waals surface area contributed by atoms with Gasteiger partial charge in [-0.25, -0.2) is 0 Å². The second-order valence-corrected chi connectivity index (χ2v) is 7.36. The molecule has 0 fully saturated rings. The highest BCUT2D eigenvalue weighted by molar-refractivity contribution is 8.15. The molecule has 3 heterocycles. The molecule has 29 heavy (non-hydrogen) atoms. The first-order valence-electron chi connectivity index (χ1n) is 8.82. The van der Waals surface area contributed by atoms with Crippen LogP contribution in [0.1, 0.15) is 36.1 Å². The number of nitrogens with zero attached hydrogens (tertiary/aromatic N) is 2. The number of fused-ring (bicyclic) bond motifs is 5. The van der Waals surface area contributed by atoms with Crippen molar-refractivity contribution in [3.05, 3.63) is 52.3 Å². The van der Waals surface area contributed by atoms with Gasteiger partial charge in [0.05, 0.1) is 34.0 Å². The zero-order chi connectivity index (χ0) is 22.1. The molecule has 2 unspecified atom stereocenters. The van der Waals surface area contributed by atoms with Gasteiger partial charge in [-0.3, -0.25) is 4.57 Å². The zero-order valence-corrected chi connectivity index (χ0v) is 15.9. The van der Waals surface area contributed by atoms with E-state index in [1.807, 2.05) is 0 Å². The van der Waals surface area contributed by atoms with Gasteiger partial charge < -0.3 is 19.1 Å². The van der Waals surface area contributed by atoms with E-state index in [1.54, 1.807) is 19.9 Å². The topological polar surface area (TPSA) is 87.6 Å². The highest BCUT2D eigenvalue weighted by Gasteiger charge is 2.61. The normalized spacial score (nSPS) is 25.2. The summed E-state index contributed by atoms with van der Waals surface area (Å²) in [6.45, 7) is 3.20. The van der Waals surface area contributed by atoms with Crippen molar-refractivity contribution in [1.82, 2.24) is 4.57 Å². The smallest absolute Gasteiger partial charge is 0.417 e. The summed E-state index contributed by atoms with van der Waals surface area (Å²) >= 11 is 0.726. The average Bonchev–Trinajstić information content (AvgIpc) is 3.19. The highest BCUT2D eigenvalue weighted by Crippen LogP contribution is 2.64. The molecule has 11 heteroatoms. The monoisotopic (exact) mass is 423 g/mol. The lowest BCUT2D eigenvalue weighted by molar-refractivity contribution is -0.137. The summed E-state index contributed by atoms with van der Waals surface area (Å²) < 4.78 is 59.5. The molecular formula is C18H13BF3N2O4S. The molecule has 2 atom stereocenters. The Morgan fingerprint density at radius 3 is 2.62 bits per heavy atom. The van der Waals surface area contributed by atoms with Crippen LogP contribution in [-0.4, -0.2) is 23.2 Å². The molecular weight excluding hydrogens is 408 g/mol. The fraction of sp³-hybridized carbons (Fsp3) is 0.278. The SMILES string of the molecule is [3H][B]SOC1=CC2(C)OC1(C)c1c2c(O)n(-c2ccc(C#N)c(C(F)(F)F)c2)c1O. The van der Waals surface area contributed by atoms with E-state index in [2.05, 4.69) is 0 Å². The van der Waals surface area contributed by atoms with Gasteiger partial charge in [-0.05, 0) is 51.4 Å². The third-order valence-corrected chi connectivity index (χ3v) is 5.49. The van der Waals surface area contributed by atoms with Crippen molar-refractivity contribution in [2.24, 2.45) is 0 Å². The zero-order valence-electron chi connectivity index (χ0n) is 16.0. The van der Waals surface area contributed by atoms with E-state index in [4.69, 9.17) is 15.5 Å². The second kappa shape index (κ2) is 5.90. The van der Waals surface area contributed by atoms with Gasteiger partial charge in [0.1, 0.15) is 11.4 Å². The standard InChI is InChI=1S/C18H13BF3N2O4S/c1-16-6-11(27-29-19)17(2,28-16)13-12(16)14(25)24(15(13)26)9-4-3-8(7-23)10(5-9)18(20,21)22/h3-6,19,25-26H,1-2H3/i19T. The van der Waals surface area contributed by atoms with Crippen molar-refractivity contribution in [1.29, 1.82) is 6.60 Å². The minimum Gasteiger partial charge on any atom is -0.494 e. The van der Waals surface area contributed by atoms with Crippen LogP contribution in [-0.2, 0) is 26.3 Å². The molecule has 1 aromatic carbocycles. The number of hydrogen-bond donors (Lipinski definition) is 2. The van der Waals surface area contributed by atoms with Gasteiger partial charge in [0.2, 0.25) is 18.8 Å². The molecule has 149 valence electrons. The van der Waals surface area contributed by atoms with Crippen LogP contribution in [0.2, 0.25) is 0 Å². The van der Waals surface area contributed by atoms with Gasteiger partial charge in [-0.2, -0.15) is 18.4 Å². The van der Waals surface area contributed by atoms with Crippen molar-refractivity contribution in [3.63, 3.8) is 0 Å². The van der Waals surface area contributed by atoms with Crippen molar-refractivity contribution < 1.29 is 32.3 Å². The first-order chi connectivity index (χ1) is 14.0. The van der Waals surface area contributed by atoms with Crippen LogP contribution in [0.25, 0.3) is 5.69 Å². The van der Waals surface area contributed by atoms with Gasteiger partial charge in [-0.1, -0.05) is 0 Å². The molecule has 2 aliphatic heterocycles. The lowest BCUT2D eigenvalue weighted by Crippen LogP contribution is -2.22. The first-order valence-corrected chi connectivity index (χ1v) is 9.04. The Balaban J connectivity index is 1.90. The van der Waals surface area contributed by atoms with Gasteiger partial charge in [-0.15, -0.1) is 0 Å². The van der Waals surface area contributed by atoms with E-state index in [1.165, 1.54) is 12.1 Å². The van der Waals surface area contributed by atoms with E-state index in [-0.39, 0.29) is 22.6 Å². The summed E-state index contributed by atoms with van der Waals surface area (Å²) in [5, 5.41) is 30.7. The lowest BCUT2D eigenvalue weighted by atomic mass is 9.84. The van der Waals surface area contributed by atoms with Crippen LogP contribution in [0, 0.1) is 11.3 Å². The molecule has 2 aliphatic rings. The summed E-state index contributed by atoms with van der Waals surface area (Å²) in [5.74, 6) is -0.712. The molecule has 0 amide bonds. The molecule has 0 aliphatic carbocycles. The summed E-state index contributed by atoms with van der Waals surface area (Å²) in [6, 6.07) is 4.36. The fourth-order valence-electron chi connectivity index (χ4n) is 4.06. The third kappa shape index (κ3) is 2.49. The van der Waals surface area contributed by atoms with Crippen LogP contribution in [0.5, 0.6) is 11.8 Å². The Morgan fingerprint density at radius 1 is 1.31 bits per heavy atom. The second-order valence-electron chi connectivity index (χ2n) is 7.00. The predicted octanol–water partition coefficient (Wildman–Crippen LogP) is 3.62. The maximum Gasteiger partial charge on any atom is 0.417 e. The molecule has 4 rings (SSSR count). The number of hydrogen-bond acceptors (Lipinski definition) is 6. The maximum absolute atomic E-state index is 13.4. The van der Waals surface area contributed by atoms with E-state index >= 15 is 0 Å². The van der Waals surface area contributed by atoms with Crippen LogP contribution in [0.15, 0.2) is 30.0 Å². The van der Waals surface area contributed by atoms with Gasteiger partial charge in [0, 0.05) is 0 Å². The van der Waals surface area contributed by atoms with E-state index in [9.17, 15) is 23.4 Å². The van der Waals surface area contributed by atoms with Crippen LogP contribution in [0.4, 0.5) is 13.2 Å². The lowest BCUT2D eigenvalue weighted by Gasteiger charge is -2.24. The number of nitriles is 1. The minimum atomic E-state index is -4.80. The molecule has 0 saturated carbocycles. The van der Waals surface area contributed by atoms with E-state index < -0.39 is 40.3 Å². The van der Waals surface area contributed by atoms with Crippen molar-refractivity contribution in [2.75, 3.05) is 0 Å². The Labute approximate surface area is 170 Å². The summed E-state index contributed by atoms with van der Waals surface area (Å²) in [5.41, 5.74) is -4.09. The molecule has 2 N–H and O–H groups in total. The van der Waals surface area contributed by atoms with Crippen LogP contribution in [0.3, 0.4) is 0 Å². The number of benzene rings is 1. The van der Waals surface area contributed by atoms with E-state index in [0.29, 0.717) is 6.07 Å². The Bertz CT molecular complexity index is 1150. The number of halogens is 3. The number of alkyl halides is 3. The average molecular weight is 423 g/mol. The number of rotatable bonds is 4. The van der Waals surface area contributed by atoms with Gasteiger partial charge in [0.25, 0.3) is 0 Å². The molecule has 0 spiro atoms. The molecule has 6 nitrogen and oxygen atoms in total. The quantitative estimate of drug-likeness (QED) is 0.577. The highest BCUT2D eigenvalue weighted by atomic mass is 32.2. The molecule has 1 aromatic heterocycles. The minimum absolute atomic E-state index is 0.156.